The number of rotatable bonds is 5. The molecule has 77 heavy (non-hydrogen) atoms. The summed E-state index contributed by atoms with van der Waals surface area (Å²) in [4.78, 5) is 5.33. The van der Waals surface area contributed by atoms with Gasteiger partial charge in [-0.25, -0.2) is 0 Å². The molecule has 2 aliphatic heterocycles. The van der Waals surface area contributed by atoms with E-state index in [9.17, 15) is 0 Å². The first-order valence-electron chi connectivity index (χ1n) is 28.8. The molecule has 0 saturated heterocycles. The van der Waals surface area contributed by atoms with Gasteiger partial charge in [-0.15, -0.1) is 11.3 Å². The highest BCUT2D eigenvalue weighted by Gasteiger charge is 2.63. The fraction of sp³-hybridized carbons (Fsp3) is 0.342. The van der Waals surface area contributed by atoms with Crippen LogP contribution in [0.3, 0.4) is 0 Å². The lowest BCUT2D eigenvalue weighted by Gasteiger charge is -2.51. The van der Waals surface area contributed by atoms with Crippen LogP contribution in [-0.4, -0.2) is 6.71 Å². The summed E-state index contributed by atoms with van der Waals surface area (Å²) in [6.07, 6.45) is 4.94. The number of hydrogen-bond acceptors (Lipinski definition) is 3. The van der Waals surface area contributed by atoms with E-state index in [1.165, 1.54) is 130 Å². The summed E-state index contributed by atoms with van der Waals surface area (Å²) in [5.74, 6) is 0.212. The fourth-order valence-electron chi connectivity index (χ4n) is 14.8. The fourth-order valence-corrected chi connectivity index (χ4v) is 15.9. The Kier molecular flexibility index (Phi) is 11.1. The first-order valence-corrected chi connectivity index (χ1v) is 29.6. The van der Waals surface area contributed by atoms with Crippen LogP contribution in [0.15, 0.2) is 158 Å². The van der Waals surface area contributed by atoms with Gasteiger partial charge in [-0.2, -0.15) is 0 Å². The molecule has 388 valence electrons. The molecular formula is C73H77BN2S. The summed E-state index contributed by atoms with van der Waals surface area (Å²) in [7, 11) is 0. The SMILES string of the molecule is CC(C)(C)c1ccc(N(c2ccc(C(C)(C)C)cc2)c2cc3c4c(c2)N(c2ccc(C(C)(C)C)cc2-c2ccccc2)c2ccc5sc6ccccc6c5c2B4c2cc(C(C)(C)C)cc4c2C3C2(C)CCCCC42C)cc1. The van der Waals surface area contributed by atoms with Gasteiger partial charge in [-0.3, -0.25) is 0 Å². The number of hydrogen-bond donors (Lipinski definition) is 0. The number of anilines is 6. The van der Waals surface area contributed by atoms with Crippen molar-refractivity contribution >= 4 is 88.7 Å². The van der Waals surface area contributed by atoms with Crippen molar-refractivity contribution in [2.24, 2.45) is 5.41 Å². The van der Waals surface area contributed by atoms with Crippen molar-refractivity contribution in [1.29, 1.82) is 0 Å². The molecule has 1 saturated carbocycles. The normalized spacial score (nSPS) is 19.8. The third kappa shape index (κ3) is 7.61. The van der Waals surface area contributed by atoms with Crippen molar-refractivity contribution in [3.63, 3.8) is 0 Å². The summed E-state index contributed by atoms with van der Waals surface area (Å²) >= 11 is 1.95. The van der Waals surface area contributed by atoms with Crippen LogP contribution in [0.25, 0.3) is 31.3 Å². The highest BCUT2D eigenvalue weighted by molar-refractivity contribution is 7.26. The lowest BCUT2D eigenvalue weighted by Crippen LogP contribution is -2.62. The predicted molar refractivity (Wildman–Crippen MR) is 336 cm³/mol. The van der Waals surface area contributed by atoms with Gasteiger partial charge in [-0.05, 0) is 178 Å². The molecule has 3 unspecified atom stereocenters. The Balaban J connectivity index is 1.21. The number of fused-ring (bicyclic) bond motifs is 11. The molecule has 0 N–H and O–H groups in total. The molecule has 8 aromatic carbocycles. The summed E-state index contributed by atoms with van der Waals surface area (Å²) in [5.41, 5.74) is 24.5. The van der Waals surface area contributed by atoms with E-state index in [2.05, 4.69) is 264 Å². The van der Waals surface area contributed by atoms with Crippen LogP contribution in [0.5, 0.6) is 0 Å². The second kappa shape index (κ2) is 17.1. The maximum atomic E-state index is 2.75. The van der Waals surface area contributed by atoms with Gasteiger partial charge < -0.3 is 9.80 Å². The van der Waals surface area contributed by atoms with Gasteiger partial charge in [0.15, 0.2) is 0 Å². The summed E-state index contributed by atoms with van der Waals surface area (Å²) in [6, 6.07) is 62.5. The molecule has 4 aliphatic rings. The summed E-state index contributed by atoms with van der Waals surface area (Å²) < 4.78 is 2.71. The molecule has 13 rings (SSSR count). The second-order valence-corrected chi connectivity index (χ2v) is 29.2. The van der Waals surface area contributed by atoms with Crippen molar-refractivity contribution in [1.82, 2.24) is 0 Å². The van der Waals surface area contributed by atoms with E-state index in [1.54, 1.807) is 16.6 Å². The molecule has 2 aliphatic carbocycles. The first kappa shape index (κ1) is 50.2. The zero-order valence-corrected chi connectivity index (χ0v) is 49.1. The minimum absolute atomic E-state index is 0.000498. The van der Waals surface area contributed by atoms with Crippen LogP contribution >= 0.6 is 11.3 Å². The monoisotopic (exact) mass is 1020 g/mol. The molecule has 4 heteroatoms. The van der Waals surface area contributed by atoms with Crippen LogP contribution in [0, 0.1) is 5.41 Å². The van der Waals surface area contributed by atoms with E-state index in [0.29, 0.717) is 0 Å². The van der Waals surface area contributed by atoms with Gasteiger partial charge in [-0.1, -0.05) is 206 Å². The third-order valence-electron chi connectivity index (χ3n) is 19.3. The van der Waals surface area contributed by atoms with Crippen molar-refractivity contribution < 1.29 is 0 Å². The highest BCUT2D eigenvalue weighted by atomic mass is 32.1. The summed E-state index contributed by atoms with van der Waals surface area (Å²) in [5, 5.41) is 2.77. The molecule has 1 fully saturated rings. The molecule has 0 amide bonds. The van der Waals surface area contributed by atoms with Crippen LogP contribution in [0.2, 0.25) is 0 Å². The largest absolute Gasteiger partial charge is 0.311 e. The average Bonchev–Trinajstić information content (AvgIpc) is 4.14. The third-order valence-corrected chi connectivity index (χ3v) is 20.5. The molecule has 3 heterocycles. The standard InChI is InChI=1S/C73H77BN2S/c1-68(2,3)46-26-31-50(32-27-46)75(51-33-28-47(29-34-51)69(4,5)6)52-43-55-65-64-56(72(13)38-20-21-39-73(65,72)14)41-49(71(10,11)12)42-57(64)74-66(55)60(44-52)76(59-36-37-62-63(67(59)74)53-24-18-19-25-61(53)77-62)58-35-30-48(70(7,8)9)40-54(58)45-22-16-15-17-23-45/h15-19,22-37,40-44,65H,20-21,38-39H2,1-14H3. The highest BCUT2D eigenvalue weighted by Crippen LogP contribution is 2.68. The second-order valence-electron chi connectivity index (χ2n) is 28.1. The van der Waals surface area contributed by atoms with Gasteiger partial charge in [0.1, 0.15) is 0 Å². The number of nitrogens with zero attached hydrogens (tertiary/aromatic N) is 2. The van der Waals surface area contributed by atoms with Crippen LogP contribution < -0.4 is 26.2 Å². The van der Waals surface area contributed by atoms with Gasteiger partial charge in [0.25, 0.3) is 0 Å². The van der Waals surface area contributed by atoms with Gasteiger partial charge in [0.2, 0.25) is 6.71 Å². The molecule has 0 radical (unpaired) electrons. The van der Waals surface area contributed by atoms with Crippen LogP contribution in [0.1, 0.15) is 167 Å². The van der Waals surface area contributed by atoms with Gasteiger partial charge >= 0.3 is 0 Å². The zero-order valence-electron chi connectivity index (χ0n) is 48.3. The maximum Gasteiger partial charge on any atom is 0.248 e. The Bertz CT molecular complexity index is 3780. The maximum absolute atomic E-state index is 2.75. The van der Waals surface area contributed by atoms with E-state index in [-0.39, 0.29) is 45.1 Å². The van der Waals surface area contributed by atoms with Crippen molar-refractivity contribution in [2.45, 2.75) is 156 Å². The van der Waals surface area contributed by atoms with Crippen LogP contribution in [-0.2, 0) is 27.1 Å². The first-order chi connectivity index (χ1) is 36.5. The van der Waals surface area contributed by atoms with E-state index in [4.69, 9.17) is 0 Å². The van der Waals surface area contributed by atoms with E-state index in [1.807, 2.05) is 11.3 Å². The average molecular weight is 1030 g/mol. The molecule has 1 aromatic heterocycles. The Morgan fingerprint density at radius 2 is 1.09 bits per heavy atom. The molecule has 3 atom stereocenters. The minimum atomic E-state index is -0.0455. The zero-order chi connectivity index (χ0) is 53.9. The Morgan fingerprint density at radius 1 is 0.506 bits per heavy atom. The molecule has 0 bridgehead atoms. The molecule has 0 spiro atoms. The van der Waals surface area contributed by atoms with E-state index in [0.717, 1.165) is 0 Å². The predicted octanol–water partition coefficient (Wildman–Crippen LogP) is 19.0. The van der Waals surface area contributed by atoms with Crippen molar-refractivity contribution in [2.75, 3.05) is 9.80 Å². The van der Waals surface area contributed by atoms with E-state index < -0.39 is 0 Å². The van der Waals surface area contributed by atoms with Crippen molar-refractivity contribution in [3.05, 3.63) is 197 Å². The van der Waals surface area contributed by atoms with Gasteiger partial charge in [0, 0.05) is 49.3 Å². The van der Waals surface area contributed by atoms with Crippen molar-refractivity contribution in [3.8, 4) is 11.1 Å². The molecular weight excluding hydrogens is 948 g/mol. The number of thiophene rings is 1. The van der Waals surface area contributed by atoms with Crippen LogP contribution in [0.4, 0.5) is 34.1 Å². The lowest BCUT2D eigenvalue weighted by atomic mass is 9.30. The Labute approximate surface area is 464 Å². The molecule has 2 nitrogen and oxygen atoms in total. The lowest BCUT2D eigenvalue weighted by molar-refractivity contribution is 0.0926. The summed E-state index contributed by atoms with van der Waals surface area (Å²) in [6.45, 7) is 33.7. The Morgan fingerprint density at radius 3 is 1.73 bits per heavy atom. The van der Waals surface area contributed by atoms with E-state index >= 15 is 0 Å². The Hall–Kier alpha value is -6.36. The topological polar surface area (TPSA) is 6.48 Å². The quantitative estimate of drug-likeness (QED) is 0.159. The van der Waals surface area contributed by atoms with Gasteiger partial charge in [0.05, 0.1) is 5.69 Å². The number of benzene rings is 8. The molecule has 9 aromatic rings. The smallest absolute Gasteiger partial charge is 0.248 e. The minimum Gasteiger partial charge on any atom is -0.311 e.